The molecule has 0 aromatic heterocycles. The zero-order valence-corrected chi connectivity index (χ0v) is 14.8. The largest absolute Gasteiger partial charge is 0.344 e. The third-order valence-electron chi connectivity index (χ3n) is 3.90. The van der Waals surface area contributed by atoms with Crippen molar-refractivity contribution in [1.82, 2.24) is 0 Å². The first-order valence-electron chi connectivity index (χ1n) is 8.15. The van der Waals surface area contributed by atoms with Crippen LogP contribution in [0.3, 0.4) is 0 Å². The van der Waals surface area contributed by atoms with E-state index in [-0.39, 0.29) is 5.75 Å². The van der Waals surface area contributed by atoms with Crippen LogP contribution in [-0.2, 0) is 24.8 Å². The molecular weight excluding hydrogens is 348 g/mol. The molecule has 3 rings (SSSR count). The minimum absolute atomic E-state index is 0.351. The van der Waals surface area contributed by atoms with Gasteiger partial charge in [-0.3, -0.25) is 0 Å². The van der Waals surface area contributed by atoms with E-state index >= 15 is 0 Å². The molecule has 3 aromatic carbocycles. The van der Waals surface area contributed by atoms with Crippen LogP contribution in [0.4, 0.5) is 0 Å². The molecule has 0 spiro atoms. The Balaban J connectivity index is 1.86. The summed E-state index contributed by atoms with van der Waals surface area (Å²) in [5.74, 6) is -1.96. The third kappa shape index (κ3) is 4.58. The highest BCUT2D eigenvalue weighted by Gasteiger charge is 2.28. The lowest BCUT2D eigenvalue weighted by Crippen LogP contribution is -2.22. The third-order valence-corrected chi connectivity index (χ3v) is 5.00. The first kappa shape index (κ1) is 17.9. The van der Waals surface area contributed by atoms with Crippen LogP contribution in [0.1, 0.15) is 22.6 Å². The van der Waals surface area contributed by atoms with Gasteiger partial charge < -0.3 is 4.18 Å². The smallest absolute Gasteiger partial charge is 0.333 e. The molecule has 0 N–H and O–H groups in total. The van der Waals surface area contributed by atoms with Crippen molar-refractivity contribution in [3.8, 4) is 0 Å². The van der Waals surface area contributed by atoms with E-state index < -0.39 is 22.0 Å². The number of carbonyl (C=O) groups excluding carboxylic acids is 1. The Morgan fingerprint density at radius 2 is 1.15 bits per heavy atom. The molecule has 4 nitrogen and oxygen atoms in total. The maximum absolute atomic E-state index is 12.7. The van der Waals surface area contributed by atoms with Gasteiger partial charge in [0, 0.05) is 0 Å². The summed E-state index contributed by atoms with van der Waals surface area (Å²) in [7, 11) is -4.04. The summed E-state index contributed by atoms with van der Waals surface area (Å²) < 4.78 is 29.6. The molecule has 26 heavy (non-hydrogen) atoms. The van der Waals surface area contributed by atoms with Crippen molar-refractivity contribution in [2.45, 2.75) is 11.7 Å². The fourth-order valence-corrected chi connectivity index (χ4v) is 3.74. The van der Waals surface area contributed by atoms with Crippen LogP contribution in [0.5, 0.6) is 0 Å². The van der Waals surface area contributed by atoms with Gasteiger partial charge in [-0.2, -0.15) is 8.42 Å². The highest BCUT2D eigenvalue weighted by molar-refractivity contribution is 7.86. The number of rotatable bonds is 6. The highest BCUT2D eigenvalue weighted by atomic mass is 32.2. The van der Waals surface area contributed by atoms with Gasteiger partial charge in [-0.05, 0) is 16.7 Å². The Morgan fingerprint density at radius 3 is 1.62 bits per heavy atom. The number of hydrogen-bond donors (Lipinski definition) is 0. The lowest BCUT2D eigenvalue weighted by Gasteiger charge is -2.16. The van der Waals surface area contributed by atoms with Crippen molar-refractivity contribution in [2.75, 3.05) is 0 Å². The minimum Gasteiger partial charge on any atom is -0.344 e. The van der Waals surface area contributed by atoms with Crippen LogP contribution < -0.4 is 0 Å². The van der Waals surface area contributed by atoms with Gasteiger partial charge >= 0.3 is 16.1 Å². The van der Waals surface area contributed by atoms with Crippen LogP contribution in [0, 0.1) is 0 Å². The maximum Gasteiger partial charge on any atom is 0.333 e. The predicted octanol–water partition coefficient (Wildman–Crippen LogP) is 3.89. The second kappa shape index (κ2) is 7.97. The molecule has 0 atom stereocenters. The quantitative estimate of drug-likeness (QED) is 0.621. The number of carbonyl (C=O) groups is 1. The molecule has 0 saturated heterocycles. The van der Waals surface area contributed by atoms with Gasteiger partial charge in [0.2, 0.25) is 0 Å². The van der Waals surface area contributed by atoms with Gasteiger partial charge in [0.05, 0.1) is 0 Å². The molecule has 5 heteroatoms. The second-order valence-corrected chi connectivity index (χ2v) is 7.42. The normalized spacial score (nSPS) is 11.3. The lowest BCUT2D eigenvalue weighted by atomic mass is 9.92. The molecule has 3 aromatic rings. The molecule has 0 unspecified atom stereocenters. The minimum atomic E-state index is -4.04. The molecular formula is C21H18O4S. The van der Waals surface area contributed by atoms with Crippen LogP contribution in [0.15, 0.2) is 91.0 Å². The molecule has 0 radical (unpaired) electrons. The van der Waals surface area contributed by atoms with Crippen molar-refractivity contribution >= 4 is 16.1 Å². The Labute approximate surface area is 153 Å². The summed E-state index contributed by atoms with van der Waals surface area (Å²) >= 11 is 0. The molecule has 0 fully saturated rings. The first-order valence-corrected chi connectivity index (χ1v) is 9.73. The van der Waals surface area contributed by atoms with Crippen LogP contribution in [0.2, 0.25) is 0 Å². The topological polar surface area (TPSA) is 60.4 Å². The summed E-state index contributed by atoms with van der Waals surface area (Å²) in [6, 6.07) is 26.6. The van der Waals surface area contributed by atoms with E-state index in [1.807, 2.05) is 12.1 Å². The first-order chi connectivity index (χ1) is 12.6. The Hall–Kier alpha value is -2.92. The average molecular weight is 366 g/mol. The summed E-state index contributed by atoms with van der Waals surface area (Å²) in [6.07, 6.45) is 0. The Morgan fingerprint density at radius 1 is 0.731 bits per heavy atom. The van der Waals surface area contributed by atoms with Crippen molar-refractivity contribution < 1.29 is 17.4 Å². The van der Waals surface area contributed by atoms with E-state index in [0.717, 1.165) is 0 Å². The van der Waals surface area contributed by atoms with Crippen molar-refractivity contribution in [3.05, 3.63) is 108 Å². The van der Waals surface area contributed by atoms with E-state index in [2.05, 4.69) is 0 Å². The SMILES string of the molecule is O=C(OS(=O)(=O)Cc1ccccc1)C(c1ccccc1)c1ccccc1. The van der Waals surface area contributed by atoms with Gasteiger partial charge in [0.15, 0.2) is 0 Å². The second-order valence-electron chi connectivity index (χ2n) is 5.84. The molecule has 0 heterocycles. The summed E-state index contributed by atoms with van der Waals surface area (Å²) in [4.78, 5) is 12.7. The van der Waals surface area contributed by atoms with Gasteiger partial charge in [-0.1, -0.05) is 91.0 Å². The summed E-state index contributed by atoms with van der Waals surface area (Å²) in [5.41, 5.74) is 1.92. The predicted molar refractivity (Wildman–Crippen MR) is 99.9 cm³/mol. The zero-order valence-electron chi connectivity index (χ0n) is 14.0. The van der Waals surface area contributed by atoms with Gasteiger partial charge in [0.25, 0.3) is 0 Å². The van der Waals surface area contributed by atoms with E-state index in [1.165, 1.54) is 0 Å². The molecule has 0 aliphatic heterocycles. The molecule has 0 amide bonds. The standard InChI is InChI=1S/C21H18O4S/c22-21(25-26(23,24)16-17-10-4-1-5-11-17)20(18-12-6-2-7-13-18)19-14-8-3-9-15-19/h1-15,20H,16H2. The van der Waals surface area contributed by atoms with Crippen LogP contribution in [-0.4, -0.2) is 14.4 Å². The van der Waals surface area contributed by atoms with E-state index in [9.17, 15) is 13.2 Å². The van der Waals surface area contributed by atoms with Crippen molar-refractivity contribution in [1.29, 1.82) is 0 Å². The van der Waals surface area contributed by atoms with Crippen LogP contribution in [0.25, 0.3) is 0 Å². The van der Waals surface area contributed by atoms with Gasteiger partial charge in [0.1, 0.15) is 11.7 Å². The molecule has 0 saturated carbocycles. The summed E-state index contributed by atoms with van der Waals surface area (Å²) in [6.45, 7) is 0. The van der Waals surface area contributed by atoms with Gasteiger partial charge in [-0.15, -0.1) is 0 Å². The molecule has 132 valence electrons. The Bertz CT molecular complexity index is 913. The molecule has 0 aliphatic carbocycles. The zero-order chi connectivity index (χ0) is 18.4. The number of benzene rings is 3. The molecule has 0 aliphatic rings. The highest BCUT2D eigenvalue weighted by Crippen LogP contribution is 2.27. The van der Waals surface area contributed by atoms with E-state index in [1.54, 1.807) is 78.9 Å². The van der Waals surface area contributed by atoms with Crippen LogP contribution >= 0.6 is 0 Å². The van der Waals surface area contributed by atoms with Crippen molar-refractivity contribution in [3.63, 3.8) is 0 Å². The lowest BCUT2D eigenvalue weighted by molar-refractivity contribution is -0.134. The van der Waals surface area contributed by atoms with Gasteiger partial charge in [-0.25, -0.2) is 4.79 Å². The van der Waals surface area contributed by atoms with Crippen molar-refractivity contribution in [2.24, 2.45) is 0 Å². The average Bonchev–Trinajstić information content (AvgIpc) is 2.63. The molecule has 0 bridgehead atoms. The maximum atomic E-state index is 12.7. The fraction of sp³-hybridized carbons (Fsp3) is 0.0952. The summed E-state index contributed by atoms with van der Waals surface area (Å²) in [5, 5.41) is 0. The van der Waals surface area contributed by atoms with E-state index in [0.29, 0.717) is 16.7 Å². The number of hydrogen-bond acceptors (Lipinski definition) is 4. The fourth-order valence-electron chi connectivity index (χ4n) is 2.74. The van der Waals surface area contributed by atoms with E-state index in [4.69, 9.17) is 4.18 Å². The monoisotopic (exact) mass is 366 g/mol. The Kier molecular flexibility index (Phi) is 5.49.